The normalized spacial score (nSPS) is 15.3. The number of carbonyl (C=O) groups is 1. The summed E-state index contributed by atoms with van der Waals surface area (Å²) in [5.74, 6) is -0.284. The summed E-state index contributed by atoms with van der Waals surface area (Å²) in [4.78, 5) is 13.6. The minimum Gasteiger partial charge on any atom is -0.545 e. The summed E-state index contributed by atoms with van der Waals surface area (Å²) in [6.07, 6.45) is 4.54. The monoisotopic (exact) mass is 435 g/mol. The van der Waals surface area contributed by atoms with Gasteiger partial charge < -0.3 is 23.9 Å². The van der Waals surface area contributed by atoms with E-state index in [1.54, 1.807) is 18.2 Å². The summed E-state index contributed by atoms with van der Waals surface area (Å²) in [5, 5.41) is 12.6. The van der Waals surface area contributed by atoms with Crippen molar-refractivity contribution in [2.24, 2.45) is 0 Å². The summed E-state index contributed by atoms with van der Waals surface area (Å²) in [6.45, 7) is 7.64. The van der Waals surface area contributed by atoms with Gasteiger partial charge >= 0.3 is 0 Å². The Morgan fingerprint density at radius 3 is 2.56 bits per heavy atom. The number of carboxylic acids is 1. The lowest BCUT2D eigenvalue weighted by molar-refractivity contribution is -0.255. The van der Waals surface area contributed by atoms with Crippen molar-refractivity contribution in [3.63, 3.8) is 0 Å². The van der Waals surface area contributed by atoms with Crippen LogP contribution in [0.1, 0.15) is 41.6 Å². The molecule has 1 fully saturated rings. The molecule has 0 radical (unpaired) electrons. The van der Waals surface area contributed by atoms with E-state index < -0.39 is 5.97 Å². The van der Waals surface area contributed by atoms with E-state index in [2.05, 4.69) is 39.9 Å². The van der Waals surface area contributed by atoms with E-state index in [1.165, 1.54) is 22.5 Å². The van der Waals surface area contributed by atoms with Gasteiger partial charge in [0, 0.05) is 42.4 Å². The van der Waals surface area contributed by atoms with Gasteiger partial charge in [0.1, 0.15) is 12.4 Å². The van der Waals surface area contributed by atoms with Crippen molar-refractivity contribution in [2.75, 3.05) is 39.5 Å². The average molecular weight is 436 g/mol. The molecule has 0 spiro atoms. The Kier molecular flexibility index (Phi) is 7.45. The molecule has 0 amide bonds. The quantitative estimate of drug-likeness (QED) is 0.457. The largest absolute Gasteiger partial charge is 0.545 e. The average Bonchev–Trinajstić information content (AvgIpc) is 3.19. The van der Waals surface area contributed by atoms with Crippen LogP contribution < -0.4 is 9.84 Å². The van der Waals surface area contributed by atoms with Crippen LogP contribution in [0.3, 0.4) is 0 Å². The van der Waals surface area contributed by atoms with Gasteiger partial charge in [-0.3, -0.25) is 4.90 Å². The number of ether oxygens (including phenoxy) is 2. The fraction of sp³-hybridized carbons (Fsp3) is 0.423. The first kappa shape index (κ1) is 22.4. The van der Waals surface area contributed by atoms with Crippen LogP contribution in [-0.2, 0) is 11.3 Å². The van der Waals surface area contributed by atoms with Crippen LogP contribution in [0, 0.1) is 0 Å². The van der Waals surface area contributed by atoms with Gasteiger partial charge in [0.2, 0.25) is 0 Å². The lowest BCUT2D eigenvalue weighted by atomic mass is 9.89. The number of hydrogen-bond acceptors (Lipinski definition) is 5. The van der Waals surface area contributed by atoms with Crippen LogP contribution in [0.4, 0.5) is 0 Å². The number of fused-ring (bicyclic) bond motifs is 1. The number of likely N-dealkylation sites (tertiary alicyclic amines) is 1. The van der Waals surface area contributed by atoms with Gasteiger partial charge in [0.05, 0.1) is 12.6 Å². The first-order valence-corrected chi connectivity index (χ1v) is 11.5. The molecule has 1 aliphatic heterocycles. The molecule has 170 valence electrons. The van der Waals surface area contributed by atoms with E-state index in [4.69, 9.17) is 9.47 Å². The maximum absolute atomic E-state index is 11.2. The maximum Gasteiger partial charge on any atom is 0.128 e. The molecule has 0 bridgehead atoms. The molecule has 2 aromatic carbocycles. The molecule has 0 N–H and O–H groups in total. The summed E-state index contributed by atoms with van der Waals surface area (Å²) in [5.41, 5.74) is 2.83. The number of carboxylic acid groups (broad SMARTS) is 1. The van der Waals surface area contributed by atoms with Gasteiger partial charge in [-0.25, -0.2) is 0 Å². The number of piperidine rings is 1. The van der Waals surface area contributed by atoms with Crippen molar-refractivity contribution in [3.05, 3.63) is 65.9 Å². The van der Waals surface area contributed by atoms with Gasteiger partial charge in [-0.05, 0) is 62.5 Å². The molecule has 0 saturated carbocycles. The second kappa shape index (κ2) is 10.7. The van der Waals surface area contributed by atoms with Crippen LogP contribution in [0.2, 0.25) is 0 Å². The maximum atomic E-state index is 11.2. The summed E-state index contributed by atoms with van der Waals surface area (Å²) in [6, 6.07) is 15.3. The molecule has 1 aliphatic rings. The minimum absolute atomic E-state index is 0.104. The molecule has 1 saturated heterocycles. The Bertz CT molecular complexity index is 1040. The highest BCUT2D eigenvalue weighted by Gasteiger charge is 2.23. The minimum atomic E-state index is -1.21. The zero-order valence-corrected chi connectivity index (χ0v) is 18.7. The van der Waals surface area contributed by atoms with Gasteiger partial charge in [-0.15, -0.1) is 0 Å². The molecule has 2 heterocycles. The van der Waals surface area contributed by atoms with E-state index in [-0.39, 0.29) is 5.56 Å². The van der Waals surface area contributed by atoms with E-state index in [1.807, 2.05) is 6.92 Å². The number of aromatic nitrogens is 1. The summed E-state index contributed by atoms with van der Waals surface area (Å²) >= 11 is 0. The van der Waals surface area contributed by atoms with Crippen LogP contribution in [0.25, 0.3) is 10.9 Å². The highest BCUT2D eigenvalue weighted by Crippen LogP contribution is 2.34. The third-order valence-electron chi connectivity index (χ3n) is 6.30. The third kappa shape index (κ3) is 5.14. The molecule has 6 nitrogen and oxygen atoms in total. The first-order chi connectivity index (χ1) is 15.7. The molecule has 0 aliphatic carbocycles. The van der Waals surface area contributed by atoms with Crippen molar-refractivity contribution in [3.8, 4) is 5.75 Å². The van der Waals surface area contributed by atoms with Gasteiger partial charge in [0.25, 0.3) is 0 Å². The van der Waals surface area contributed by atoms with E-state index in [0.717, 1.165) is 52.2 Å². The fourth-order valence-electron chi connectivity index (χ4n) is 4.61. The van der Waals surface area contributed by atoms with Crippen molar-refractivity contribution in [1.82, 2.24) is 9.47 Å². The van der Waals surface area contributed by atoms with Crippen molar-refractivity contribution in [1.29, 1.82) is 0 Å². The number of rotatable bonds is 10. The van der Waals surface area contributed by atoms with Crippen LogP contribution in [0.15, 0.2) is 54.7 Å². The number of hydrogen-bond donors (Lipinski definition) is 0. The Labute approximate surface area is 189 Å². The number of nitrogens with zero attached hydrogens (tertiary/aromatic N) is 2. The molecular formula is C26H31N2O4-. The topological polar surface area (TPSA) is 66.8 Å². The lowest BCUT2D eigenvalue weighted by Crippen LogP contribution is -2.36. The van der Waals surface area contributed by atoms with Gasteiger partial charge in [-0.2, -0.15) is 0 Å². The van der Waals surface area contributed by atoms with Crippen molar-refractivity contribution >= 4 is 16.9 Å². The lowest BCUT2D eigenvalue weighted by Gasteiger charge is -2.32. The smallest absolute Gasteiger partial charge is 0.128 e. The fourth-order valence-corrected chi connectivity index (χ4v) is 4.61. The van der Waals surface area contributed by atoms with Crippen LogP contribution in [-0.4, -0.2) is 54.9 Å². The number of para-hydroxylation sites is 2. The molecular weight excluding hydrogens is 404 g/mol. The standard InChI is InChI=1S/C26H32N2O4/c1-2-31-17-16-28-19-23(21-7-3-5-9-24(21)28)20-11-13-27(14-12-20)15-18-32-25-10-6-4-8-22(25)26(29)30/h3-10,19-20H,2,11-18H2,1H3,(H,29,30)/p-1. The number of carbonyl (C=O) groups excluding carboxylic acids is 1. The molecule has 0 atom stereocenters. The van der Waals surface area contributed by atoms with Gasteiger partial charge in [-0.1, -0.05) is 30.3 Å². The zero-order valence-electron chi connectivity index (χ0n) is 18.7. The first-order valence-electron chi connectivity index (χ1n) is 11.5. The second-order valence-corrected chi connectivity index (χ2v) is 8.24. The third-order valence-corrected chi connectivity index (χ3v) is 6.30. The van der Waals surface area contributed by atoms with Crippen LogP contribution in [0.5, 0.6) is 5.75 Å². The Morgan fingerprint density at radius 2 is 1.78 bits per heavy atom. The Hall–Kier alpha value is -2.83. The van der Waals surface area contributed by atoms with Crippen LogP contribution >= 0.6 is 0 Å². The molecule has 6 heteroatoms. The van der Waals surface area contributed by atoms with E-state index >= 15 is 0 Å². The summed E-state index contributed by atoms with van der Waals surface area (Å²) < 4.78 is 13.6. The highest BCUT2D eigenvalue weighted by molar-refractivity contribution is 5.89. The SMILES string of the molecule is CCOCCn1cc(C2CCN(CCOc3ccccc3C(=O)[O-])CC2)c2ccccc21. The van der Waals surface area contributed by atoms with Crippen molar-refractivity contribution in [2.45, 2.75) is 32.2 Å². The zero-order chi connectivity index (χ0) is 22.3. The highest BCUT2D eigenvalue weighted by atomic mass is 16.5. The predicted octanol–water partition coefficient (Wildman–Crippen LogP) is 3.30. The molecule has 0 unspecified atom stereocenters. The molecule has 4 rings (SSSR count). The Morgan fingerprint density at radius 1 is 1.03 bits per heavy atom. The van der Waals surface area contributed by atoms with Gasteiger partial charge in [0.15, 0.2) is 0 Å². The molecule has 32 heavy (non-hydrogen) atoms. The second-order valence-electron chi connectivity index (χ2n) is 8.24. The number of aromatic carboxylic acids is 1. The Balaban J connectivity index is 1.33. The van der Waals surface area contributed by atoms with E-state index in [9.17, 15) is 9.90 Å². The molecule has 3 aromatic rings. The summed E-state index contributed by atoms with van der Waals surface area (Å²) in [7, 11) is 0. The van der Waals surface area contributed by atoms with E-state index in [0.29, 0.717) is 18.3 Å². The number of benzene rings is 2. The van der Waals surface area contributed by atoms with Crippen molar-refractivity contribution < 1.29 is 19.4 Å². The molecule has 1 aromatic heterocycles. The predicted molar refractivity (Wildman–Crippen MR) is 123 cm³/mol.